The van der Waals surface area contributed by atoms with E-state index < -0.39 is 0 Å². The molecular weight excluding hydrogens is 360 g/mol. The lowest BCUT2D eigenvalue weighted by Gasteiger charge is -2.02. The molecular formula is C20H16N4O2S. The molecule has 0 atom stereocenters. The molecule has 0 unspecified atom stereocenters. The quantitative estimate of drug-likeness (QED) is 0.557. The molecule has 0 aliphatic heterocycles. The summed E-state index contributed by atoms with van der Waals surface area (Å²) >= 11 is 1.44. The molecule has 0 aliphatic rings. The van der Waals surface area contributed by atoms with Gasteiger partial charge in [-0.2, -0.15) is 0 Å². The summed E-state index contributed by atoms with van der Waals surface area (Å²) in [4.78, 5) is 17.5. The first kappa shape index (κ1) is 17.1. The van der Waals surface area contributed by atoms with Crippen molar-refractivity contribution < 1.29 is 9.21 Å². The summed E-state index contributed by atoms with van der Waals surface area (Å²) in [5.74, 6) is 0.682. The van der Waals surface area contributed by atoms with Gasteiger partial charge in [-0.15, -0.1) is 21.5 Å². The second kappa shape index (κ2) is 7.13. The maximum atomic E-state index is 12.3. The van der Waals surface area contributed by atoms with Crippen molar-refractivity contribution in [2.75, 3.05) is 5.32 Å². The summed E-state index contributed by atoms with van der Waals surface area (Å²) in [7, 11) is 0. The van der Waals surface area contributed by atoms with E-state index in [1.807, 2.05) is 38.1 Å². The predicted molar refractivity (Wildman–Crippen MR) is 105 cm³/mol. The molecule has 2 aromatic carbocycles. The zero-order valence-corrected chi connectivity index (χ0v) is 15.6. The second-order valence-electron chi connectivity index (χ2n) is 6.03. The van der Waals surface area contributed by atoms with Gasteiger partial charge in [0.15, 0.2) is 5.13 Å². The molecule has 2 heterocycles. The number of nitrogens with zero attached hydrogens (tertiary/aromatic N) is 3. The molecule has 0 fully saturated rings. The summed E-state index contributed by atoms with van der Waals surface area (Å²) in [5.41, 5.74) is 3.26. The molecule has 0 saturated heterocycles. The van der Waals surface area contributed by atoms with Crippen LogP contribution in [0, 0.1) is 13.8 Å². The number of aryl methyl sites for hydroxylation is 2. The lowest BCUT2D eigenvalue weighted by Crippen LogP contribution is -2.11. The van der Waals surface area contributed by atoms with Gasteiger partial charge in [0.05, 0.1) is 0 Å². The zero-order chi connectivity index (χ0) is 18.8. The van der Waals surface area contributed by atoms with Crippen LogP contribution in [0.4, 0.5) is 5.13 Å². The van der Waals surface area contributed by atoms with Crippen LogP contribution < -0.4 is 5.32 Å². The molecule has 4 aromatic rings. The van der Waals surface area contributed by atoms with Crippen molar-refractivity contribution in [2.45, 2.75) is 13.8 Å². The van der Waals surface area contributed by atoms with E-state index in [1.54, 1.807) is 30.5 Å². The standard InChI is InChI=1S/C20H16N4O2S/c1-12-5-3-4-6-16(12)19-24-23-18(26-19)15-9-7-14(8-10-15)17(25)22-20-21-11-13(2)27-20/h3-11H,1-2H3,(H,21,22,25). The minimum Gasteiger partial charge on any atom is -0.416 e. The van der Waals surface area contributed by atoms with Crippen LogP contribution in [0.1, 0.15) is 20.8 Å². The van der Waals surface area contributed by atoms with Crippen molar-refractivity contribution in [2.24, 2.45) is 0 Å². The van der Waals surface area contributed by atoms with Crippen LogP contribution >= 0.6 is 11.3 Å². The van der Waals surface area contributed by atoms with Crippen LogP contribution in [0.5, 0.6) is 0 Å². The van der Waals surface area contributed by atoms with Crippen LogP contribution in [0.15, 0.2) is 59.1 Å². The van der Waals surface area contributed by atoms with Gasteiger partial charge >= 0.3 is 0 Å². The van der Waals surface area contributed by atoms with Gasteiger partial charge < -0.3 is 4.42 Å². The van der Waals surface area contributed by atoms with Crippen LogP contribution in [0.3, 0.4) is 0 Å². The number of amides is 1. The zero-order valence-electron chi connectivity index (χ0n) is 14.8. The molecule has 0 saturated carbocycles. The number of anilines is 1. The third kappa shape index (κ3) is 3.63. The number of hydrogen-bond donors (Lipinski definition) is 1. The van der Waals surface area contributed by atoms with Gasteiger partial charge in [-0.1, -0.05) is 18.2 Å². The highest BCUT2D eigenvalue weighted by Gasteiger charge is 2.13. The van der Waals surface area contributed by atoms with Gasteiger partial charge in [0.25, 0.3) is 5.91 Å². The highest BCUT2D eigenvalue weighted by atomic mass is 32.1. The van der Waals surface area contributed by atoms with Crippen molar-refractivity contribution in [1.29, 1.82) is 0 Å². The Morgan fingerprint density at radius 3 is 2.44 bits per heavy atom. The van der Waals surface area contributed by atoms with E-state index in [2.05, 4.69) is 20.5 Å². The number of thiazole rings is 1. The smallest absolute Gasteiger partial charge is 0.257 e. The number of rotatable bonds is 4. The number of benzene rings is 2. The minimum absolute atomic E-state index is 0.206. The molecule has 0 radical (unpaired) electrons. The molecule has 0 spiro atoms. The molecule has 0 aliphatic carbocycles. The van der Waals surface area contributed by atoms with Crippen molar-refractivity contribution in [3.05, 3.63) is 70.7 Å². The minimum atomic E-state index is -0.206. The summed E-state index contributed by atoms with van der Waals surface area (Å²) in [6.45, 7) is 3.94. The van der Waals surface area contributed by atoms with Crippen molar-refractivity contribution in [3.8, 4) is 22.9 Å². The average Bonchev–Trinajstić information content (AvgIpc) is 3.31. The van der Waals surface area contributed by atoms with Gasteiger partial charge in [0.2, 0.25) is 11.8 Å². The van der Waals surface area contributed by atoms with Gasteiger partial charge in [-0.3, -0.25) is 10.1 Å². The monoisotopic (exact) mass is 376 g/mol. The number of hydrogen-bond acceptors (Lipinski definition) is 6. The van der Waals surface area contributed by atoms with E-state index in [0.29, 0.717) is 22.5 Å². The van der Waals surface area contributed by atoms with Crippen molar-refractivity contribution in [1.82, 2.24) is 15.2 Å². The Balaban J connectivity index is 1.52. The van der Waals surface area contributed by atoms with Crippen molar-refractivity contribution >= 4 is 22.4 Å². The molecule has 0 bridgehead atoms. The summed E-state index contributed by atoms with van der Waals surface area (Å²) < 4.78 is 5.80. The molecule has 4 rings (SSSR count). The van der Waals surface area contributed by atoms with E-state index >= 15 is 0 Å². The van der Waals surface area contributed by atoms with Gasteiger partial charge in [0, 0.05) is 27.8 Å². The van der Waals surface area contributed by atoms with Crippen LogP contribution in [-0.2, 0) is 0 Å². The fraction of sp³-hybridized carbons (Fsp3) is 0.100. The number of carbonyl (C=O) groups excluding carboxylic acids is 1. The fourth-order valence-electron chi connectivity index (χ4n) is 2.61. The number of nitrogens with one attached hydrogen (secondary N) is 1. The third-order valence-corrected chi connectivity index (χ3v) is 4.86. The van der Waals surface area contributed by atoms with Crippen LogP contribution in [0.25, 0.3) is 22.9 Å². The maximum Gasteiger partial charge on any atom is 0.257 e. The Kier molecular flexibility index (Phi) is 4.52. The largest absolute Gasteiger partial charge is 0.416 e. The SMILES string of the molecule is Cc1cnc(NC(=O)c2ccc(-c3nnc(-c4ccccc4C)o3)cc2)s1. The average molecular weight is 376 g/mol. The van der Waals surface area contributed by atoms with Crippen LogP contribution in [-0.4, -0.2) is 21.1 Å². The van der Waals surface area contributed by atoms with E-state index in [0.717, 1.165) is 21.6 Å². The summed E-state index contributed by atoms with van der Waals surface area (Å²) in [5, 5.41) is 11.6. The van der Waals surface area contributed by atoms with Gasteiger partial charge in [-0.25, -0.2) is 4.98 Å². The van der Waals surface area contributed by atoms with Gasteiger partial charge in [-0.05, 0) is 49.7 Å². The highest BCUT2D eigenvalue weighted by molar-refractivity contribution is 7.15. The number of carbonyl (C=O) groups is 1. The van der Waals surface area contributed by atoms with Crippen LogP contribution in [0.2, 0.25) is 0 Å². The molecule has 7 heteroatoms. The fourth-order valence-corrected chi connectivity index (χ4v) is 3.27. The summed E-state index contributed by atoms with van der Waals surface area (Å²) in [6.07, 6.45) is 1.73. The molecule has 2 aromatic heterocycles. The highest BCUT2D eigenvalue weighted by Crippen LogP contribution is 2.26. The Labute approximate surface area is 159 Å². The topological polar surface area (TPSA) is 80.9 Å². The first-order valence-electron chi connectivity index (χ1n) is 8.34. The first-order chi connectivity index (χ1) is 13.1. The Morgan fingerprint density at radius 1 is 1.00 bits per heavy atom. The molecule has 1 N–H and O–H groups in total. The maximum absolute atomic E-state index is 12.3. The predicted octanol–water partition coefficient (Wildman–Crippen LogP) is 4.73. The van der Waals surface area contributed by atoms with E-state index in [9.17, 15) is 4.79 Å². The lowest BCUT2D eigenvalue weighted by molar-refractivity contribution is 0.102. The molecule has 27 heavy (non-hydrogen) atoms. The first-order valence-corrected chi connectivity index (χ1v) is 9.15. The normalized spacial score (nSPS) is 10.7. The summed E-state index contributed by atoms with van der Waals surface area (Å²) in [6, 6.07) is 14.9. The van der Waals surface area contributed by atoms with Gasteiger partial charge in [0.1, 0.15) is 0 Å². The van der Waals surface area contributed by atoms with Crippen molar-refractivity contribution in [3.63, 3.8) is 0 Å². The lowest BCUT2D eigenvalue weighted by atomic mass is 10.1. The molecule has 134 valence electrons. The number of aromatic nitrogens is 3. The second-order valence-corrected chi connectivity index (χ2v) is 7.27. The Morgan fingerprint density at radius 2 is 1.74 bits per heavy atom. The van der Waals surface area contributed by atoms with E-state index in [-0.39, 0.29) is 5.91 Å². The Hall–Kier alpha value is -3.32. The molecule has 1 amide bonds. The third-order valence-electron chi connectivity index (χ3n) is 4.04. The Bertz CT molecular complexity index is 1100. The molecule has 6 nitrogen and oxygen atoms in total. The van der Waals surface area contributed by atoms with E-state index in [4.69, 9.17) is 4.42 Å². The van der Waals surface area contributed by atoms with E-state index in [1.165, 1.54) is 11.3 Å².